The molecule has 0 bridgehead atoms. The van der Waals surface area contributed by atoms with Crippen LogP contribution in [0, 0.1) is 17.3 Å². The summed E-state index contributed by atoms with van der Waals surface area (Å²) in [7, 11) is 0. The van der Waals surface area contributed by atoms with Gasteiger partial charge in [0.05, 0.1) is 11.5 Å². The third-order valence-corrected chi connectivity index (χ3v) is 9.15. The van der Waals surface area contributed by atoms with E-state index in [0.717, 1.165) is 61.6 Å². The van der Waals surface area contributed by atoms with Gasteiger partial charge in [0, 0.05) is 11.8 Å². The Hall–Kier alpha value is -2.49. The van der Waals surface area contributed by atoms with Crippen LogP contribution in [-0.4, -0.2) is 16.7 Å². The van der Waals surface area contributed by atoms with Gasteiger partial charge in [-0.1, -0.05) is 78.7 Å². The number of aliphatic hydroxyl groups is 1. The summed E-state index contributed by atoms with van der Waals surface area (Å²) < 4.78 is 6.90. The average Bonchev–Trinajstić information content (AvgIpc) is 3.20. The Morgan fingerprint density at radius 1 is 0.914 bits per heavy atom. The van der Waals surface area contributed by atoms with Crippen molar-refractivity contribution in [1.82, 2.24) is 0 Å². The van der Waals surface area contributed by atoms with Crippen molar-refractivity contribution in [2.24, 2.45) is 17.3 Å². The fourth-order valence-corrected chi connectivity index (χ4v) is 7.42. The summed E-state index contributed by atoms with van der Waals surface area (Å²) in [5.74, 6) is -0.944. The zero-order valence-corrected chi connectivity index (χ0v) is 20.5. The molecule has 0 amide bonds. The van der Waals surface area contributed by atoms with Crippen LogP contribution in [0.5, 0.6) is 0 Å². The summed E-state index contributed by atoms with van der Waals surface area (Å²) in [6.07, 6.45) is 13.8. The Kier molecular flexibility index (Phi) is 6.02. The lowest BCUT2D eigenvalue weighted by Gasteiger charge is -2.56. The molecule has 2 aromatic carbocycles. The molecule has 6 rings (SSSR count). The Labute approximate surface area is 208 Å². The molecule has 0 aromatic heterocycles. The van der Waals surface area contributed by atoms with Crippen molar-refractivity contribution in [2.45, 2.75) is 76.1 Å². The standard InChI is InChI=1S/C32H36O3/c33-29-26(21-23-11-4-1-5-12-23)19-20-31(29)22-27-17-10-18-28(24-13-6-2-7-14-24)32(27,34)35-30(31)25-15-8-3-9-16-25/h1,3-5,8-9,11-13,15-16,21,27-28,30,34H,2,6-7,10,14,17-20,22H2. The maximum atomic E-state index is 14.2. The second-order valence-electron chi connectivity index (χ2n) is 11.1. The van der Waals surface area contributed by atoms with Gasteiger partial charge in [0.1, 0.15) is 0 Å². The topological polar surface area (TPSA) is 46.5 Å². The fourth-order valence-electron chi connectivity index (χ4n) is 7.42. The van der Waals surface area contributed by atoms with E-state index in [-0.39, 0.29) is 17.6 Å². The number of hydrogen-bond donors (Lipinski definition) is 1. The summed E-state index contributed by atoms with van der Waals surface area (Å²) in [6.45, 7) is 0. The molecule has 5 atom stereocenters. The molecule has 3 nitrogen and oxygen atoms in total. The number of rotatable bonds is 3. The van der Waals surface area contributed by atoms with Crippen LogP contribution in [0.1, 0.15) is 81.4 Å². The third-order valence-electron chi connectivity index (χ3n) is 9.15. The number of benzene rings is 2. The van der Waals surface area contributed by atoms with Crippen molar-refractivity contribution in [2.75, 3.05) is 0 Å². The molecular weight excluding hydrogens is 432 g/mol. The minimum atomic E-state index is -1.20. The van der Waals surface area contributed by atoms with E-state index in [0.29, 0.717) is 6.42 Å². The number of hydrogen-bond acceptors (Lipinski definition) is 3. The molecular formula is C32H36O3. The highest BCUT2D eigenvalue weighted by atomic mass is 16.6. The van der Waals surface area contributed by atoms with Crippen LogP contribution in [0.2, 0.25) is 0 Å². The van der Waals surface area contributed by atoms with Crippen molar-refractivity contribution in [1.29, 1.82) is 0 Å². The van der Waals surface area contributed by atoms with Gasteiger partial charge in [-0.25, -0.2) is 0 Å². The van der Waals surface area contributed by atoms with E-state index < -0.39 is 17.3 Å². The van der Waals surface area contributed by atoms with Gasteiger partial charge in [0.15, 0.2) is 11.6 Å². The first kappa shape index (κ1) is 22.9. The number of allylic oxidation sites excluding steroid dienone is 2. The van der Waals surface area contributed by atoms with E-state index in [9.17, 15) is 9.90 Å². The zero-order valence-electron chi connectivity index (χ0n) is 20.5. The summed E-state index contributed by atoms with van der Waals surface area (Å²) in [5.41, 5.74) is 3.75. The molecule has 2 aromatic rings. The molecule has 3 fully saturated rings. The number of ketones is 1. The first-order valence-electron chi connectivity index (χ1n) is 13.5. The Balaban J connectivity index is 1.40. The number of Topliss-reactive ketones (excluding diaryl/α,β-unsaturated/α-hetero) is 1. The van der Waals surface area contributed by atoms with Gasteiger partial charge in [-0.05, 0) is 80.6 Å². The molecule has 5 unspecified atom stereocenters. The molecule has 3 heteroatoms. The van der Waals surface area contributed by atoms with Crippen molar-refractivity contribution in [3.8, 4) is 0 Å². The summed E-state index contributed by atoms with van der Waals surface area (Å²) in [5, 5.41) is 12.3. The smallest absolute Gasteiger partial charge is 0.175 e. The molecule has 1 heterocycles. The van der Waals surface area contributed by atoms with Crippen molar-refractivity contribution in [3.05, 3.63) is 89.0 Å². The minimum absolute atomic E-state index is 0.0101. The molecule has 35 heavy (non-hydrogen) atoms. The van der Waals surface area contributed by atoms with Crippen molar-refractivity contribution in [3.63, 3.8) is 0 Å². The van der Waals surface area contributed by atoms with Gasteiger partial charge in [0.25, 0.3) is 0 Å². The molecule has 3 aliphatic carbocycles. The molecule has 0 radical (unpaired) electrons. The second kappa shape index (κ2) is 9.19. The van der Waals surface area contributed by atoms with Gasteiger partial charge < -0.3 is 9.84 Å². The van der Waals surface area contributed by atoms with E-state index in [1.165, 1.54) is 18.4 Å². The minimum Gasteiger partial charge on any atom is -0.365 e. The maximum absolute atomic E-state index is 14.2. The van der Waals surface area contributed by atoms with E-state index >= 15 is 0 Å². The Bertz CT molecular complexity index is 1130. The Morgan fingerprint density at radius 3 is 2.43 bits per heavy atom. The van der Waals surface area contributed by atoms with Gasteiger partial charge in [-0.3, -0.25) is 4.79 Å². The average molecular weight is 469 g/mol. The van der Waals surface area contributed by atoms with E-state index in [2.05, 4.69) is 36.4 Å². The molecule has 1 N–H and O–H groups in total. The number of ether oxygens (including phenoxy) is 1. The molecule has 2 saturated carbocycles. The van der Waals surface area contributed by atoms with E-state index in [4.69, 9.17) is 4.74 Å². The SMILES string of the molecule is O=C1C(=Cc2ccccc2)CCC12CC1CCCC(C3=CCCCC3)C1(O)OC2c1ccccc1. The fraction of sp³-hybridized carbons (Fsp3) is 0.469. The monoisotopic (exact) mass is 468 g/mol. The first-order chi connectivity index (χ1) is 17.1. The lowest BCUT2D eigenvalue weighted by Crippen LogP contribution is -2.59. The Morgan fingerprint density at radius 2 is 1.69 bits per heavy atom. The third kappa shape index (κ3) is 3.93. The van der Waals surface area contributed by atoms with Crippen molar-refractivity contribution < 1.29 is 14.6 Å². The van der Waals surface area contributed by atoms with E-state index in [1.54, 1.807) is 0 Å². The van der Waals surface area contributed by atoms with E-state index in [1.807, 2.05) is 36.4 Å². The molecule has 1 saturated heterocycles. The molecule has 182 valence electrons. The maximum Gasteiger partial charge on any atom is 0.175 e. The quantitative estimate of drug-likeness (QED) is 0.383. The highest BCUT2D eigenvalue weighted by Gasteiger charge is 2.63. The van der Waals surface area contributed by atoms with Crippen LogP contribution in [-0.2, 0) is 9.53 Å². The van der Waals surface area contributed by atoms with Crippen LogP contribution in [0.25, 0.3) is 6.08 Å². The summed E-state index contributed by atoms with van der Waals surface area (Å²) >= 11 is 0. The number of carbonyl (C=O) groups is 1. The van der Waals surface area contributed by atoms with Crippen molar-refractivity contribution >= 4 is 11.9 Å². The van der Waals surface area contributed by atoms with Gasteiger partial charge in [-0.15, -0.1) is 0 Å². The summed E-state index contributed by atoms with van der Waals surface area (Å²) in [6, 6.07) is 20.3. The largest absolute Gasteiger partial charge is 0.365 e. The lowest BCUT2D eigenvalue weighted by atomic mass is 9.60. The molecule has 1 spiro atoms. The molecule has 4 aliphatic rings. The highest BCUT2D eigenvalue weighted by molar-refractivity contribution is 6.06. The van der Waals surface area contributed by atoms with Crippen LogP contribution in [0.15, 0.2) is 77.9 Å². The van der Waals surface area contributed by atoms with Gasteiger partial charge in [0.2, 0.25) is 0 Å². The van der Waals surface area contributed by atoms with Gasteiger partial charge >= 0.3 is 0 Å². The zero-order chi connectivity index (χ0) is 23.9. The second-order valence-corrected chi connectivity index (χ2v) is 11.1. The highest BCUT2D eigenvalue weighted by Crippen LogP contribution is 2.62. The summed E-state index contributed by atoms with van der Waals surface area (Å²) in [4.78, 5) is 14.2. The first-order valence-corrected chi connectivity index (χ1v) is 13.5. The molecule has 1 aliphatic heterocycles. The van der Waals surface area contributed by atoms with Gasteiger partial charge in [-0.2, -0.15) is 0 Å². The van der Waals surface area contributed by atoms with Crippen LogP contribution in [0.4, 0.5) is 0 Å². The number of fused-ring (bicyclic) bond motifs is 1. The predicted molar refractivity (Wildman–Crippen MR) is 138 cm³/mol. The van der Waals surface area contributed by atoms with Crippen LogP contribution < -0.4 is 0 Å². The van der Waals surface area contributed by atoms with Crippen LogP contribution >= 0.6 is 0 Å². The number of carbonyl (C=O) groups excluding carboxylic acids is 1. The normalized spacial score (nSPS) is 36.3. The lowest BCUT2D eigenvalue weighted by molar-refractivity contribution is -0.340. The predicted octanol–water partition coefficient (Wildman–Crippen LogP) is 7.19. The van der Waals surface area contributed by atoms with Crippen LogP contribution in [0.3, 0.4) is 0 Å².